The van der Waals surface area contributed by atoms with E-state index in [2.05, 4.69) is 10.0 Å². The second kappa shape index (κ2) is 6.28. The predicted octanol–water partition coefficient (Wildman–Crippen LogP) is 3.00. The monoisotopic (exact) mass is 344 g/mol. The quantitative estimate of drug-likeness (QED) is 0.875. The van der Waals surface area contributed by atoms with Gasteiger partial charge in [0.05, 0.1) is 10.6 Å². The van der Waals surface area contributed by atoms with E-state index < -0.39 is 10.0 Å². The molecule has 2 N–H and O–H groups in total. The van der Waals surface area contributed by atoms with E-state index in [9.17, 15) is 13.2 Å². The molecule has 6 heteroatoms. The lowest BCUT2D eigenvalue weighted by Gasteiger charge is -2.13. The molecule has 0 aromatic heterocycles. The lowest BCUT2D eigenvalue weighted by molar-refractivity contribution is 0.0951. The molecule has 0 atom stereocenters. The molecule has 0 spiro atoms. The number of carbonyl (C=O) groups excluding carboxylic acids is 1. The number of benzene rings is 2. The number of rotatable bonds is 5. The molecule has 2 aromatic rings. The minimum Gasteiger partial charge on any atom is -0.349 e. The summed E-state index contributed by atoms with van der Waals surface area (Å²) in [4.78, 5) is 12.2. The molecular weight excluding hydrogens is 324 g/mol. The van der Waals surface area contributed by atoms with Gasteiger partial charge in [-0.1, -0.05) is 18.2 Å². The molecule has 0 radical (unpaired) electrons. The molecule has 1 aliphatic rings. The van der Waals surface area contributed by atoms with Crippen molar-refractivity contribution >= 4 is 21.6 Å². The van der Waals surface area contributed by atoms with Gasteiger partial charge in [-0.2, -0.15) is 0 Å². The molecule has 1 fully saturated rings. The highest BCUT2D eigenvalue weighted by Crippen LogP contribution is 2.23. The molecule has 1 amide bonds. The van der Waals surface area contributed by atoms with Gasteiger partial charge in [0, 0.05) is 11.6 Å². The summed E-state index contributed by atoms with van der Waals surface area (Å²) in [5.74, 6) is -0.235. The number of nitrogens with one attached hydrogen (secondary N) is 2. The van der Waals surface area contributed by atoms with E-state index in [1.807, 2.05) is 19.9 Å². The summed E-state index contributed by atoms with van der Waals surface area (Å²) < 4.78 is 27.9. The predicted molar refractivity (Wildman–Crippen MR) is 93.7 cm³/mol. The van der Waals surface area contributed by atoms with Gasteiger partial charge in [0.15, 0.2) is 0 Å². The van der Waals surface area contributed by atoms with E-state index in [0.717, 1.165) is 24.0 Å². The molecule has 0 saturated heterocycles. The van der Waals surface area contributed by atoms with Crippen molar-refractivity contribution in [1.82, 2.24) is 5.32 Å². The number of aryl methyl sites for hydroxylation is 1. The Morgan fingerprint density at radius 3 is 2.50 bits per heavy atom. The lowest BCUT2D eigenvalue weighted by Crippen LogP contribution is -2.25. The highest BCUT2D eigenvalue weighted by molar-refractivity contribution is 7.92. The minimum absolute atomic E-state index is 0.0758. The largest absolute Gasteiger partial charge is 0.349 e. The molecule has 0 heterocycles. The topological polar surface area (TPSA) is 75.3 Å². The number of carbonyl (C=O) groups is 1. The van der Waals surface area contributed by atoms with E-state index >= 15 is 0 Å². The standard InChI is InChI=1S/C18H20N2O3S/c1-12-5-3-8-17(13(12)2)20-24(22,23)16-7-4-6-14(11-16)18(21)19-15-9-10-15/h3-8,11,15,20H,9-10H2,1-2H3,(H,19,21). The third-order valence-electron chi connectivity index (χ3n) is 4.17. The van der Waals surface area contributed by atoms with Crippen LogP contribution in [0.4, 0.5) is 5.69 Å². The van der Waals surface area contributed by atoms with Crippen LogP contribution in [0.15, 0.2) is 47.4 Å². The fourth-order valence-corrected chi connectivity index (χ4v) is 3.53. The van der Waals surface area contributed by atoms with Crippen LogP contribution in [0.3, 0.4) is 0 Å². The molecule has 0 aliphatic heterocycles. The fraction of sp³-hybridized carbons (Fsp3) is 0.278. The normalized spacial score (nSPS) is 14.2. The highest BCUT2D eigenvalue weighted by atomic mass is 32.2. The van der Waals surface area contributed by atoms with Crippen LogP contribution in [-0.4, -0.2) is 20.4 Å². The Hall–Kier alpha value is -2.34. The third-order valence-corrected chi connectivity index (χ3v) is 5.53. The maximum Gasteiger partial charge on any atom is 0.261 e. The molecule has 1 aliphatic carbocycles. The number of sulfonamides is 1. The summed E-state index contributed by atoms with van der Waals surface area (Å²) in [5.41, 5.74) is 2.78. The van der Waals surface area contributed by atoms with Crippen molar-refractivity contribution in [1.29, 1.82) is 0 Å². The van der Waals surface area contributed by atoms with Gasteiger partial charge in [0.1, 0.15) is 0 Å². The van der Waals surface area contributed by atoms with Crippen LogP contribution in [0.2, 0.25) is 0 Å². The van der Waals surface area contributed by atoms with E-state index in [0.29, 0.717) is 11.3 Å². The van der Waals surface area contributed by atoms with Crippen LogP contribution in [0, 0.1) is 13.8 Å². The average molecular weight is 344 g/mol. The summed E-state index contributed by atoms with van der Waals surface area (Å²) in [6.45, 7) is 3.79. The summed E-state index contributed by atoms with van der Waals surface area (Å²) in [7, 11) is -3.75. The smallest absolute Gasteiger partial charge is 0.261 e. The van der Waals surface area contributed by atoms with Crippen LogP contribution in [0.1, 0.15) is 34.3 Å². The van der Waals surface area contributed by atoms with Gasteiger partial charge < -0.3 is 5.32 Å². The van der Waals surface area contributed by atoms with Crippen LogP contribution >= 0.6 is 0 Å². The zero-order chi connectivity index (χ0) is 17.3. The number of amides is 1. The van der Waals surface area contributed by atoms with Crippen molar-refractivity contribution in [2.45, 2.75) is 37.6 Å². The van der Waals surface area contributed by atoms with Crippen LogP contribution < -0.4 is 10.0 Å². The van der Waals surface area contributed by atoms with E-state index in [4.69, 9.17) is 0 Å². The van der Waals surface area contributed by atoms with Crippen LogP contribution in [0.5, 0.6) is 0 Å². The Labute approximate surface area is 142 Å². The second-order valence-corrected chi connectivity index (χ2v) is 7.81. The zero-order valence-electron chi connectivity index (χ0n) is 13.7. The van der Waals surface area contributed by atoms with E-state index in [-0.39, 0.29) is 16.8 Å². The van der Waals surface area contributed by atoms with Crippen molar-refractivity contribution in [3.8, 4) is 0 Å². The Morgan fingerprint density at radius 2 is 1.79 bits per heavy atom. The zero-order valence-corrected chi connectivity index (χ0v) is 14.5. The Bertz CT molecular complexity index is 887. The first kappa shape index (κ1) is 16.5. The summed E-state index contributed by atoms with van der Waals surface area (Å²) in [6, 6.07) is 11.8. The molecule has 1 saturated carbocycles. The van der Waals surface area contributed by atoms with Crippen molar-refractivity contribution in [3.63, 3.8) is 0 Å². The maximum absolute atomic E-state index is 12.6. The SMILES string of the molecule is Cc1cccc(NS(=O)(=O)c2cccc(C(=O)NC3CC3)c2)c1C. The van der Waals surface area contributed by atoms with Gasteiger partial charge in [-0.25, -0.2) is 8.42 Å². The van der Waals surface area contributed by atoms with Crippen LogP contribution in [0.25, 0.3) is 0 Å². The molecule has 0 unspecified atom stereocenters. The van der Waals surface area contributed by atoms with Gasteiger partial charge >= 0.3 is 0 Å². The lowest BCUT2D eigenvalue weighted by atomic mass is 10.1. The third kappa shape index (κ3) is 3.59. The summed E-state index contributed by atoms with van der Waals surface area (Å²) in [5, 5.41) is 2.86. The summed E-state index contributed by atoms with van der Waals surface area (Å²) in [6.07, 6.45) is 1.97. The fourth-order valence-electron chi connectivity index (χ4n) is 2.37. The first-order valence-corrected chi connectivity index (χ1v) is 9.35. The molecule has 5 nitrogen and oxygen atoms in total. The van der Waals surface area contributed by atoms with Gasteiger partial charge in [0.25, 0.3) is 15.9 Å². The van der Waals surface area contributed by atoms with Crippen LogP contribution in [-0.2, 0) is 10.0 Å². The Balaban J connectivity index is 1.86. The van der Waals surface area contributed by atoms with Gasteiger partial charge in [-0.05, 0) is 62.1 Å². The van der Waals surface area contributed by atoms with E-state index in [1.54, 1.807) is 24.3 Å². The Kier molecular flexibility index (Phi) is 4.32. The molecule has 126 valence electrons. The van der Waals surface area contributed by atoms with Gasteiger partial charge in [0.2, 0.25) is 0 Å². The van der Waals surface area contributed by atoms with Gasteiger partial charge in [-0.15, -0.1) is 0 Å². The first-order chi connectivity index (χ1) is 11.4. The molecule has 0 bridgehead atoms. The van der Waals surface area contributed by atoms with Crippen molar-refractivity contribution < 1.29 is 13.2 Å². The first-order valence-electron chi connectivity index (χ1n) is 7.87. The minimum atomic E-state index is -3.75. The average Bonchev–Trinajstić information content (AvgIpc) is 3.36. The summed E-state index contributed by atoms with van der Waals surface area (Å²) >= 11 is 0. The molecular formula is C18H20N2O3S. The number of hydrogen-bond donors (Lipinski definition) is 2. The second-order valence-electron chi connectivity index (χ2n) is 6.13. The maximum atomic E-state index is 12.6. The Morgan fingerprint density at radius 1 is 1.08 bits per heavy atom. The van der Waals surface area contributed by atoms with E-state index in [1.165, 1.54) is 12.1 Å². The number of hydrogen-bond acceptors (Lipinski definition) is 3. The molecule has 2 aromatic carbocycles. The molecule has 24 heavy (non-hydrogen) atoms. The van der Waals surface area contributed by atoms with Crippen molar-refractivity contribution in [2.75, 3.05) is 4.72 Å². The van der Waals surface area contributed by atoms with Crippen molar-refractivity contribution in [3.05, 3.63) is 59.2 Å². The highest BCUT2D eigenvalue weighted by Gasteiger charge is 2.24. The number of anilines is 1. The van der Waals surface area contributed by atoms with Gasteiger partial charge in [-0.3, -0.25) is 9.52 Å². The molecule has 3 rings (SSSR count). The van der Waals surface area contributed by atoms with Crippen molar-refractivity contribution in [2.24, 2.45) is 0 Å².